The fourth-order valence-electron chi connectivity index (χ4n) is 7.62. The molecule has 0 aliphatic heterocycles. The van der Waals surface area contributed by atoms with Crippen LogP contribution in [0.3, 0.4) is 0 Å². The van der Waals surface area contributed by atoms with Gasteiger partial charge in [-0.2, -0.15) is 0 Å². The van der Waals surface area contributed by atoms with E-state index < -0.39 is 17.6 Å². The normalized spacial score (nSPS) is 12.6. The van der Waals surface area contributed by atoms with Crippen LogP contribution in [0, 0.1) is 0 Å². The summed E-state index contributed by atoms with van der Waals surface area (Å²) < 4.78 is 6.36. The van der Waals surface area contributed by atoms with Crippen molar-refractivity contribution in [3.05, 3.63) is 144 Å². The number of carbonyl (C=O) groups is 2. The number of benzene rings is 4. The summed E-state index contributed by atoms with van der Waals surface area (Å²) in [5.74, 6) is -0.340. The molecule has 1 amide bonds. The highest BCUT2D eigenvalue weighted by Crippen LogP contribution is 2.44. The molecule has 4 nitrogen and oxygen atoms in total. The highest BCUT2D eigenvalue weighted by atomic mass is 16.5. The number of unbranched alkanes of at least 4 members (excludes halogenated alkanes) is 12. The monoisotopic (exact) mass is 701 g/mol. The van der Waals surface area contributed by atoms with Gasteiger partial charge in [-0.1, -0.05) is 207 Å². The van der Waals surface area contributed by atoms with Gasteiger partial charge in [0.1, 0.15) is 6.10 Å². The third kappa shape index (κ3) is 12.8. The highest BCUT2D eigenvalue weighted by molar-refractivity contribution is 5.89. The highest BCUT2D eigenvalue weighted by Gasteiger charge is 2.41. The molecule has 0 bridgehead atoms. The van der Waals surface area contributed by atoms with Crippen LogP contribution in [0.15, 0.2) is 121 Å². The van der Waals surface area contributed by atoms with Crippen LogP contribution in [0.25, 0.3) is 0 Å². The first-order chi connectivity index (χ1) is 25.6. The minimum absolute atomic E-state index is 0.0213. The smallest absolute Gasteiger partial charge is 0.338 e. The lowest BCUT2D eigenvalue weighted by Crippen LogP contribution is -2.50. The van der Waals surface area contributed by atoms with Crippen LogP contribution in [0.2, 0.25) is 0 Å². The topological polar surface area (TPSA) is 55.4 Å². The fourth-order valence-corrected chi connectivity index (χ4v) is 7.62. The Bertz CT molecular complexity index is 1430. The summed E-state index contributed by atoms with van der Waals surface area (Å²) in [7, 11) is 0. The van der Waals surface area contributed by atoms with E-state index in [1.165, 1.54) is 70.6 Å². The molecule has 1 N–H and O–H groups in total. The van der Waals surface area contributed by atoms with Gasteiger partial charge in [-0.25, -0.2) is 4.79 Å². The van der Waals surface area contributed by atoms with Gasteiger partial charge in [0.15, 0.2) is 0 Å². The van der Waals surface area contributed by atoms with Crippen molar-refractivity contribution >= 4 is 11.9 Å². The Morgan fingerprint density at radius 3 is 1.37 bits per heavy atom. The Kier molecular flexibility index (Phi) is 18.3. The second-order valence-electron chi connectivity index (χ2n) is 14.5. The molecule has 4 aromatic rings. The van der Waals surface area contributed by atoms with E-state index in [9.17, 15) is 9.59 Å². The average Bonchev–Trinajstić information content (AvgIpc) is 3.19. The van der Waals surface area contributed by atoms with Crippen LogP contribution in [-0.4, -0.2) is 24.0 Å². The first kappa shape index (κ1) is 40.6. The average molecular weight is 702 g/mol. The Labute approximate surface area is 314 Å². The summed E-state index contributed by atoms with van der Waals surface area (Å²) in [6.07, 6.45) is 18.4. The maximum Gasteiger partial charge on any atom is 0.338 e. The van der Waals surface area contributed by atoms with E-state index in [2.05, 4.69) is 92.0 Å². The maximum atomic E-state index is 13.9. The molecule has 4 aromatic carbocycles. The molecule has 0 unspecified atom stereocenters. The van der Waals surface area contributed by atoms with Crippen molar-refractivity contribution < 1.29 is 14.3 Å². The quantitative estimate of drug-likeness (QED) is 0.0425. The van der Waals surface area contributed by atoms with Crippen LogP contribution < -0.4 is 5.32 Å². The summed E-state index contributed by atoms with van der Waals surface area (Å²) in [4.78, 5) is 27.4. The molecule has 0 aliphatic rings. The second kappa shape index (κ2) is 23.4. The molecule has 2 atom stereocenters. The van der Waals surface area contributed by atoms with Crippen LogP contribution in [0.4, 0.5) is 0 Å². The third-order valence-corrected chi connectivity index (χ3v) is 10.5. The van der Waals surface area contributed by atoms with Crippen LogP contribution in [-0.2, 0) is 14.9 Å². The van der Waals surface area contributed by atoms with Gasteiger partial charge in [0.25, 0.3) is 0 Å². The van der Waals surface area contributed by atoms with Crippen LogP contribution >= 0.6 is 0 Å². The molecule has 0 radical (unpaired) electrons. The van der Waals surface area contributed by atoms with Gasteiger partial charge in [-0.05, 0) is 48.1 Å². The van der Waals surface area contributed by atoms with E-state index in [0.717, 1.165) is 36.0 Å². The van der Waals surface area contributed by atoms with E-state index in [-0.39, 0.29) is 11.9 Å². The van der Waals surface area contributed by atoms with Crippen LogP contribution in [0.5, 0.6) is 0 Å². The number of nitrogens with one attached hydrogen (secondary N) is 1. The molecule has 4 heteroatoms. The molecule has 0 spiro atoms. The van der Waals surface area contributed by atoms with Gasteiger partial charge in [0.2, 0.25) is 5.91 Å². The van der Waals surface area contributed by atoms with Crippen LogP contribution in [0.1, 0.15) is 150 Å². The fraction of sp³-hybridized carbons (Fsp3) is 0.458. The summed E-state index contributed by atoms with van der Waals surface area (Å²) in [5, 5.41) is 3.45. The molecular formula is C48H63NO3. The summed E-state index contributed by atoms with van der Waals surface area (Å²) >= 11 is 0. The van der Waals surface area contributed by atoms with Crippen molar-refractivity contribution in [2.75, 3.05) is 0 Å². The second-order valence-corrected chi connectivity index (χ2v) is 14.5. The lowest BCUT2D eigenvalue weighted by atomic mass is 9.65. The number of rotatable bonds is 25. The minimum Gasteiger partial charge on any atom is -0.457 e. The molecule has 0 heterocycles. The Balaban J connectivity index is 1.52. The van der Waals surface area contributed by atoms with Crippen molar-refractivity contribution in [1.82, 2.24) is 5.32 Å². The number of carbonyl (C=O) groups excluding carboxylic acids is 2. The van der Waals surface area contributed by atoms with E-state index in [1.807, 2.05) is 36.4 Å². The zero-order valence-corrected chi connectivity index (χ0v) is 31.9. The molecule has 0 saturated heterocycles. The molecule has 4 rings (SSSR count). The lowest BCUT2D eigenvalue weighted by molar-refractivity contribution is -0.123. The lowest BCUT2D eigenvalue weighted by Gasteiger charge is -2.41. The summed E-state index contributed by atoms with van der Waals surface area (Å²) in [5.41, 5.74) is 3.30. The summed E-state index contributed by atoms with van der Waals surface area (Å²) in [6.45, 7) is 4.38. The number of hydrogen-bond donors (Lipinski definition) is 1. The Hall–Kier alpha value is -4.18. The molecule has 0 saturated carbocycles. The zero-order valence-electron chi connectivity index (χ0n) is 31.9. The van der Waals surface area contributed by atoms with Gasteiger partial charge >= 0.3 is 5.97 Å². The van der Waals surface area contributed by atoms with Crippen molar-refractivity contribution in [2.24, 2.45) is 0 Å². The van der Waals surface area contributed by atoms with Crippen molar-refractivity contribution in [3.8, 4) is 0 Å². The largest absolute Gasteiger partial charge is 0.457 e. The van der Waals surface area contributed by atoms with Crippen molar-refractivity contribution in [2.45, 2.75) is 141 Å². The minimum atomic E-state index is -0.609. The van der Waals surface area contributed by atoms with Gasteiger partial charge in [0, 0.05) is 11.8 Å². The number of esters is 1. The first-order valence-corrected chi connectivity index (χ1v) is 20.3. The molecule has 278 valence electrons. The van der Waals surface area contributed by atoms with E-state index in [0.29, 0.717) is 24.8 Å². The van der Waals surface area contributed by atoms with Crippen molar-refractivity contribution in [1.29, 1.82) is 0 Å². The molecular weight excluding hydrogens is 639 g/mol. The predicted octanol–water partition coefficient (Wildman–Crippen LogP) is 12.4. The van der Waals surface area contributed by atoms with Gasteiger partial charge in [-0.3, -0.25) is 4.79 Å². The van der Waals surface area contributed by atoms with E-state index >= 15 is 0 Å². The summed E-state index contributed by atoms with van der Waals surface area (Å²) in [6, 6.07) is 40.4. The van der Waals surface area contributed by atoms with Crippen molar-refractivity contribution in [3.63, 3.8) is 0 Å². The van der Waals surface area contributed by atoms with Gasteiger partial charge in [-0.15, -0.1) is 0 Å². The Morgan fingerprint density at radius 2 is 0.942 bits per heavy atom. The first-order valence-electron chi connectivity index (χ1n) is 20.3. The van der Waals surface area contributed by atoms with E-state index in [1.54, 1.807) is 12.1 Å². The van der Waals surface area contributed by atoms with Gasteiger partial charge < -0.3 is 10.1 Å². The molecule has 0 fully saturated rings. The maximum absolute atomic E-state index is 13.9. The number of ether oxygens (including phenoxy) is 1. The SMILES string of the molecule is CCCCCCCCCCCCCCCC(=O)N[C@@H](CC(c1ccccc1)(c1ccccc1)c1ccccc1)[C@@H](CCC)OC(=O)c1ccccc1. The predicted molar refractivity (Wildman–Crippen MR) is 217 cm³/mol. The number of hydrogen-bond acceptors (Lipinski definition) is 3. The molecule has 52 heavy (non-hydrogen) atoms. The zero-order chi connectivity index (χ0) is 36.7. The molecule has 0 aromatic heterocycles. The van der Waals surface area contributed by atoms with E-state index in [4.69, 9.17) is 4.74 Å². The standard InChI is InChI=1S/C48H63NO3/c1-3-5-6-7-8-9-10-11-12-13-14-15-28-38-46(50)49-44(45(29-4-2)52-47(51)40-30-20-16-21-31-40)39-48(41-32-22-17-23-33-41,42-34-24-18-25-35-42)43-36-26-19-27-37-43/h16-27,30-37,44-45H,3-15,28-29,38-39H2,1-2H3,(H,49,50)/t44-,45+/m0/s1. The van der Waals surface area contributed by atoms with Gasteiger partial charge in [0.05, 0.1) is 11.6 Å². The Morgan fingerprint density at radius 1 is 0.538 bits per heavy atom. The third-order valence-electron chi connectivity index (χ3n) is 10.5. The number of amides is 1. The molecule has 0 aliphatic carbocycles.